The van der Waals surface area contributed by atoms with Crippen molar-refractivity contribution in [3.8, 4) is 0 Å². The third-order valence-corrected chi connectivity index (χ3v) is 8.44. The fourth-order valence-electron chi connectivity index (χ4n) is 5.99. The molecular weight excluding hydrogens is 604 g/mol. The molecule has 11 nitrogen and oxygen atoms in total. The predicted octanol–water partition coefficient (Wildman–Crippen LogP) is 1.15. The second-order valence-electron chi connectivity index (χ2n) is 12.7. The van der Waals surface area contributed by atoms with E-state index in [0.717, 1.165) is 17.7 Å². The Balaban J connectivity index is 1.40. The van der Waals surface area contributed by atoms with Gasteiger partial charge in [-0.3, -0.25) is 14.4 Å². The first-order chi connectivity index (χ1) is 21.5. The summed E-state index contributed by atoms with van der Waals surface area (Å²) in [5.41, 5.74) is 18.7. The SMILES string of the molecule is CC1(C)OB(O)c2cc(NC(=O)[C@@H](CCc3ccc(C(F)(F)F)cc3)NC(=O)[C@@H](N)CCC(=O)N[C@H]3C[C@H](N)C[C@H](N)C3)ccc21. The molecule has 1 aliphatic heterocycles. The number of rotatable bonds is 11. The Hall–Kier alpha value is -3.50. The maximum atomic E-state index is 13.4. The van der Waals surface area contributed by atoms with Gasteiger partial charge in [0, 0.05) is 30.2 Å². The van der Waals surface area contributed by atoms with Gasteiger partial charge in [-0.1, -0.05) is 18.2 Å². The van der Waals surface area contributed by atoms with E-state index in [9.17, 15) is 32.6 Å². The third kappa shape index (κ3) is 9.29. The fraction of sp³-hybridized carbons (Fsp3) is 0.516. The number of aryl methyl sites for hydroxylation is 1. The molecule has 10 N–H and O–H groups in total. The van der Waals surface area contributed by atoms with Crippen LogP contribution in [0.25, 0.3) is 0 Å². The number of amides is 3. The highest BCUT2D eigenvalue weighted by atomic mass is 19.4. The molecule has 4 rings (SSSR count). The zero-order valence-electron chi connectivity index (χ0n) is 25.9. The highest BCUT2D eigenvalue weighted by molar-refractivity contribution is 6.62. The molecule has 1 aliphatic carbocycles. The maximum Gasteiger partial charge on any atom is 0.492 e. The predicted molar refractivity (Wildman–Crippen MR) is 167 cm³/mol. The van der Waals surface area contributed by atoms with Gasteiger partial charge in [-0.05, 0) is 93.2 Å². The first-order valence-electron chi connectivity index (χ1n) is 15.4. The van der Waals surface area contributed by atoms with Crippen LogP contribution in [0.15, 0.2) is 42.5 Å². The second-order valence-corrected chi connectivity index (χ2v) is 12.7. The van der Waals surface area contributed by atoms with Gasteiger partial charge in [-0.15, -0.1) is 0 Å². The van der Waals surface area contributed by atoms with Crippen LogP contribution in [-0.4, -0.2) is 60.1 Å². The maximum absolute atomic E-state index is 13.4. The van der Waals surface area contributed by atoms with E-state index in [1.165, 1.54) is 12.1 Å². The number of nitrogens with two attached hydrogens (primary N) is 3. The van der Waals surface area contributed by atoms with E-state index in [4.69, 9.17) is 21.9 Å². The van der Waals surface area contributed by atoms with E-state index in [2.05, 4.69) is 16.0 Å². The molecule has 0 aromatic heterocycles. The molecule has 2 aromatic carbocycles. The monoisotopic (exact) mass is 646 g/mol. The molecule has 2 aromatic rings. The van der Waals surface area contributed by atoms with Gasteiger partial charge < -0.3 is 42.8 Å². The van der Waals surface area contributed by atoms with Gasteiger partial charge in [0.15, 0.2) is 0 Å². The smallest absolute Gasteiger partial charge is 0.423 e. The number of anilines is 1. The summed E-state index contributed by atoms with van der Waals surface area (Å²) in [6.45, 7) is 3.61. The molecule has 250 valence electrons. The number of nitrogens with one attached hydrogen (secondary N) is 3. The Morgan fingerprint density at radius 2 is 1.67 bits per heavy atom. The lowest BCUT2D eigenvalue weighted by Crippen LogP contribution is -2.51. The van der Waals surface area contributed by atoms with E-state index in [1.807, 2.05) is 0 Å². The fourth-order valence-corrected chi connectivity index (χ4v) is 5.99. The van der Waals surface area contributed by atoms with Crippen molar-refractivity contribution >= 4 is 36.0 Å². The number of alkyl halides is 3. The molecule has 1 heterocycles. The highest BCUT2D eigenvalue weighted by Crippen LogP contribution is 2.31. The summed E-state index contributed by atoms with van der Waals surface area (Å²) in [5, 5.41) is 18.6. The first kappa shape index (κ1) is 35.4. The largest absolute Gasteiger partial charge is 0.492 e. The average Bonchev–Trinajstić information content (AvgIpc) is 3.19. The van der Waals surface area contributed by atoms with Crippen LogP contribution in [0.2, 0.25) is 0 Å². The first-order valence-corrected chi connectivity index (χ1v) is 15.4. The third-order valence-electron chi connectivity index (χ3n) is 8.44. The van der Waals surface area contributed by atoms with Crippen LogP contribution in [0, 0.1) is 0 Å². The molecule has 15 heteroatoms. The molecule has 0 bridgehead atoms. The van der Waals surface area contributed by atoms with E-state index in [-0.39, 0.29) is 49.7 Å². The average molecular weight is 647 g/mol. The summed E-state index contributed by atoms with van der Waals surface area (Å²) in [6.07, 6.45) is -2.39. The van der Waals surface area contributed by atoms with Crippen LogP contribution >= 0.6 is 0 Å². The van der Waals surface area contributed by atoms with Gasteiger partial charge in [0.2, 0.25) is 17.7 Å². The summed E-state index contributed by atoms with van der Waals surface area (Å²) in [4.78, 5) is 39.0. The van der Waals surface area contributed by atoms with Crippen molar-refractivity contribution in [1.29, 1.82) is 0 Å². The number of carbonyl (C=O) groups excluding carboxylic acids is 3. The van der Waals surface area contributed by atoms with Crippen LogP contribution in [0.4, 0.5) is 18.9 Å². The number of fused-ring (bicyclic) bond motifs is 1. The standard InChI is InChI=1S/C31H42BF3N6O5/c1-30(2)23-9-8-21(16-24(23)32(45)46-30)40-29(44)26(11-5-17-3-6-18(7-4-17)31(33,34)35)41-28(43)25(38)10-12-27(42)39-22-14-19(36)13-20(37)15-22/h3-4,6-9,16,19-20,22,25-26,45H,5,10-15,36-38H2,1-2H3,(H,39,42)(H,40,44)(H,41,43)/t19-,20+,22+,25-,26+/m0/s1. The lowest BCUT2D eigenvalue weighted by atomic mass is 9.78. The molecule has 0 saturated heterocycles. The van der Waals surface area contributed by atoms with Crippen molar-refractivity contribution in [2.24, 2.45) is 17.2 Å². The molecule has 5 atom stereocenters. The van der Waals surface area contributed by atoms with Crippen LogP contribution in [-0.2, 0) is 37.2 Å². The summed E-state index contributed by atoms with van der Waals surface area (Å²) in [6, 6.07) is 6.91. The molecule has 0 spiro atoms. The number of halogens is 3. The molecule has 0 radical (unpaired) electrons. The normalized spacial score (nSPS) is 22.0. The Morgan fingerprint density at radius 1 is 1.02 bits per heavy atom. The molecule has 1 saturated carbocycles. The van der Waals surface area contributed by atoms with E-state index < -0.39 is 48.4 Å². The lowest BCUT2D eigenvalue weighted by molar-refractivity contribution is -0.137. The molecule has 46 heavy (non-hydrogen) atoms. The highest BCUT2D eigenvalue weighted by Gasteiger charge is 2.40. The Labute approximate surface area is 266 Å². The van der Waals surface area contributed by atoms with Gasteiger partial charge in [0.25, 0.3) is 0 Å². The number of hydrogen-bond donors (Lipinski definition) is 7. The molecular formula is C31H42BF3N6O5. The molecule has 1 fully saturated rings. The van der Waals surface area contributed by atoms with Gasteiger partial charge >= 0.3 is 13.3 Å². The van der Waals surface area contributed by atoms with Crippen molar-refractivity contribution in [2.75, 3.05) is 5.32 Å². The van der Waals surface area contributed by atoms with Crippen LogP contribution in [0.5, 0.6) is 0 Å². The summed E-state index contributed by atoms with van der Waals surface area (Å²) < 4.78 is 44.6. The van der Waals surface area contributed by atoms with Crippen molar-refractivity contribution in [2.45, 2.75) is 101 Å². The molecule has 0 unspecified atom stereocenters. The van der Waals surface area contributed by atoms with Crippen LogP contribution in [0.3, 0.4) is 0 Å². The number of carbonyl (C=O) groups is 3. The second kappa shape index (κ2) is 14.5. The zero-order chi connectivity index (χ0) is 33.8. The summed E-state index contributed by atoms with van der Waals surface area (Å²) in [5.74, 6) is -1.55. The Kier molecular flexibility index (Phi) is 11.2. The van der Waals surface area contributed by atoms with Gasteiger partial charge in [-0.25, -0.2) is 0 Å². The van der Waals surface area contributed by atoms with E-state index in [0.29, 0.717) is 36.0 Å². The van der Waals surface area contributed by atoms with Gasteiger partial charge in [0.1, 0.15) is 6.04 Å². The van der Waals surface area contributed by atoms with Gasteiger partial charge in [-0.2, -0.15) is 13.2 Å². The molecule has 2 aliphatic rings. The summed E-state index contributed by atoms with van der Waals surface area (Å²) >= 11 is 0. The van der Waals surface area contributed by atoms with Gasteiger partial charge in [0.05, 0.1) is 17.2 Å². The minimum absolute atomic E-state index is 0.00817. The van der Waals surface area contributed by atoms with Crippen LogP contribution < -0.4 is 38.6 Å². The molecule has 3 amide bonds. The zero-order valence-corrected chi connectivity index (χ0v) is 25.9. The van der Waals surface area contributed by atoms with Crippen LogP contribution in [0.1, 0.15) is 69.1 Å². The Bertz CT molecular complexity index is 1400. The van der Waals surface area contributed by atoms with Crippen molar-refractivity contribution in [3.05, 3.63) is 59.2 Å². The van der Waals surface area contributed by atoms with Crippen molar-refractivity contribution in [3.63, 3.8) is 0 Å². The van der Waals surface area contributed by atoms with Crippen molar-refractivity contribution in [1.82, 2.24) is 10.6 Å². The summed E-state index contributed by atoms with van der Waals surface area (Å²) in [7, 11) is -1.18. The van der Waals surface area contributed by atoms with E-state index in [1.54, 1.807) is 32.0 Å². The Morgan fingerprint density at radius 3 is 2.30 bits per heavy atom. The minimum Gasteiger partial charge on any atom is -0.423 e. The van der Waals surface area contributed by atoms with E-state index >= 15 is 0 Å². The van der Waals surface area contributed by atoms with Crippen molar-refractivity contribution < 1.29 is 37.2 Å². The topological polar surface area (TPSA) is 195 Å². The lowest BCUT2D eigenvalue weighted by Gasteiger charge is -2.31. The quantitative estimate of drug-likeness (QED) is 0.177. The number of hydrogen-bond acceptors (Lipinski definition) is 8. The minimum atomic E-state index is -4.48. The number of benzene rings is 2.